The van der Waals surface area contributed by atoms with E-state index in [1.165, 1.54) is 6.26 Å². The van der Waals surface area contributed by atoms with Crippen LogP contribution in [0.25, 0.3) is 0 Å². The summed E-state index contributed by atoms with van der Waals surface area (Å²) in [5.41, 5.74) is 1.08. The summed E-state index contributed by atoms with van der Waals surface area (Å²) in [5.74, 6) is 1.94. The third-order valence-corrected chi connectivity index (χ3v) is 5.99. The van der Waals surface area contributed by atoms with Gasteiger partial charge in [-0.15, -0.1) is 0 Å². The van der Waals surface area contributed by atoms with E-state index in [9.17, 15) is 8.42 Å². The molecule has 0 aromatic heterocycles. The van der Waals surface area contributed by atoms with Gasteiger partial charge in [0.1, 0.15) is 0 Å². The van der Waals surface area contributed by atoms with Crippen molar-refractivity contribution in [3.8, 4) is 11.5 Å². The molecule has 1 aromatic carbocycles. The number of benzene rings is 1. The maximum Gasteiger partial charge on any atom is 0.231 e. The molecule has 128 valence electrons. The summed E-state index contributed by atoms with van der Waals surface area (Å²) in [5, 5.41) is 3.58. The molecule has 0 saturated carbocycles. The lowest BCUT2D eigenvalue weighted by atomic mass is 9.91. The summed E-state index contributed by atoms with van der Waals surface area (Å²) in [6.07, 6.45) is 3.08. The summed E-state index contributed by atoms with van der Waals surface area (Å²) in [6.45, 7) is 4.27. The fourth-order valence-electron chi connectivity index (χ4n) is 3.35. The molecule has 2 aliphatic heterocycles. The van der Waals surface area contributed by atoms with Crippen LogP contribution < -0.4 is 14.8 Å². The van der Waals surface area contributed by atoms with Crippen molar-refractivity contribution in [2.24, 2.45) is 5.92 Å². The highest BCUT2D eigenvalue weighted by Crippen LogP contribution is 2.35. The van der Waals surface area contributed by atoms with Crippen molar-refractivity contribution in [3.05, 3.63) is 23.8 Å². The van der Waals surface area contributed by atoms with E-state index >= 15 is 0 Å². The van der Waals surface area contributed by atoms with Crippen LogP contribution in [0.5, 0.6) is 11.5 Å². The molecule has 6 nitrogen and oxygen atoms in total. The van der Waals surface area contributed by atoms with Crippen LogP contribution in [0.1, 0.15) is 25.3 Å². The van der Waals surface area contributed by atoms with Gasteiger partial charge in [-0.05, 0) is 18.4 Å². The summed E-state index contributed by atoms with van der Waals surface area (Å²) < 4.78 is 36.0. The molecular weight excluding hydrogens is 316 g/mol. The number of sulfonamides is 1. The minimum atomic E-state index is -3.10. The fraction of sp³-hybridized carbons (Fsp3) is 0.625. The second-order valence-electron chi connectivity index (χ2n) is 6.22. The van der Waals surface area contributed by atoms with E-state index in [1.807, 2.05) is 18.2 Å². The minimum absolute atomic E-state index is 0.274. The van der Waals surface area contributed by atoms with Crippen molar-refractivity contribution < 1.29 is 17.9 Å². The van der Waals surface area contributed by atoms with Gasteiger partial charge < -0.3 is 14.8 Å². The molecule has 1 saturated heterocycles. The predicted octanol–water partition coefficient (Wildman–Crippen LogP) is 1.56. The Bertz CT molecular complexity index is 662. The third-order valence-electron chi connectivity index (χ3n) is 4.72. The van der Waals surface area contributed by atoms with Crippen molar-refractivity contribution in [1.82, 2.24) is 9.62 Å². The normalized spacial score (nSPS) is 24.8. The Morgan fingerprint density at radius 2 is 2.17 bits per heavy atom. The number of piperidine rings is 1. The fourth-order valence-corrected chi connectivity index (χ4v) is 4.25. The van der Waals surface area contributed by atoms with E-state index in [1.54, 1.807) is 4.31 Å². The van der Waals surface area contributed by atoms with Crippen molar-refractivity contribution in [2.45, 2.75) is 32.4 Å². The second-order valence-corrected chi connectivity index (χ2v) is 8.20. The first-order valence-corrected chi connectivity index (χ1v) is 9.90. The predicted molar refractivity (Wildman–Crippen MR) is 88.0 cm³/mol. The molecule has 1 N–H and O–H groups in total. The van der Waals surface area contributed by atoms with Gasteiger partial charge in [-0.2, -0.15) is 0 Å². The van der Waals surface area contributed by atoms with Crippen LogP contribution in [-0.2, 0) is 16.6 Å². The van der Waals surface area contributed by atoms with Gasteiger partial charge in [0, 0.05) is 31.2 Å². The summed E-state index contributed by atoms with van der Waals surface area (Å²) >= 11 is 0. The first-order valence-electron chi connectivity index (χ1n) is 8.05. The SMILES string of the molecule is CCC1CN(S(C)(=O)=O)CCC1NCc1cccc2c1OCO2. The van der Waals surface area contributed by atoms with Crippen molar-refractivity contribution in [2.75, 3.05) is 26.1 Å². The largest absolute Gasteiger partial charge is 0.454 e. The van der Waals surface area contributed by atoms with Crippen molar-refractivity contribution in [3.63, 3.8) is 0 Å². The molecule has 23 heavy (non-hydrogen) atoms. The van der Waals surface area contributed by atoms with E-state index in [0.717, 1.165) is 29.9 Å². The molecule has 0 radical (unpaired) electrons. The smallest absolute Gasteiger partial charge is 0.231 e. The second kappa shape index (κ2) is 6.67. The molecular formula is C16H24N2O4S. The van der Waals surface area contributed by atoms with Gasteiger partial charge in [-0.25, -0.2) is 12.7 Å². The van der Waals surface area contributed by atoms with Crippen LogP contribution in [0.3, 0.4) is 0 Å². The van der Waals surface area contributed by atoms with Crippen LogP contribution in [0.15, 0.2) is 18.2 Å². The molecule has 0 aliphatic carbocycles. The highest BCUT2D eigenvalue weighted by atomic mass is 32.2. The Balaban J connectivity index is 1.64. The average Bonchev–Trinajstić information content (AvgIpc) is 3.01. The molecule has 0 amide bonds. The van der Waals surface area contributed by atoms with E-state index in [2.05, 4.69) is 12.2 Å². The van der Waals surface area contributed by atoms with Gasteiger partial charge in [-0.1, -0.05) is 25.5 Å². The van der Waals surface area contributed by atoms with Crippen LogP contribution in [0.4, 0.5) is 0 Å². The zero-order valence-electron chi connectivity index (χ0n) is 13.6. The standard InChI is InChI=1S/C16H24N2O4S/c1-3-12-10-18(23(2,19)20)8-7-14(12)17-9-13-5-4-6-15-16(13)22-11-21-15/h4-6,12,14,17H,3,7-11H2,1-2H3. The summed E-state index contributed by atoms with van der Waals surface area (Å²) in [4.78, 5) is 0. The highest BCUT2D eigenvalue weighted by molar-refractivity contribution is 7.88. The molecule has 0 bridgehead atoms. The Morgan fingerprint density at radius 3 is 2.91 bits per heavy atom. The highest BCUT2D eigenvalue weighted by Gasteiger charge is 2.32. The van der Waals surface area contributed by atoms with Crippen LogP contribution in [0, 0.1) is 5.92 Å². The zero-order valence-corrected chi connectivity index (χ0v) is 14.4. The lowest BCUT2D eigenvalue weighted by Crippen LogP contribution is -2.50. The first kappa shape index (κ1) is 16.5. The van der Waals surface area contributed by atoms with Gasteiger partial charge in [0.15, 0.2) is 11.5 Å². The summed E-state index contributed by atoms with van der Waals surface area (Å²) in [7, 11) is -3.10. The topological polar surface area (TPSA) is 67.9 Å². The summed E-state index contributed by atoms with van der Waals surface area (Å²) in [6, 6.07) is 6.23. The van der Waals surface area contributed by atoms with Gasteiger partial charge >= 0.3 is 0 Å². The molecule has 2 heterocycles. The maximum absolute atomic E-state index is 11.7. The first-order chi connectivity index (χ1) is 11.0. The lowest BCUT2D eigenvalue weighted by molar-refractivity contribution is 0.172. The lowest BCUT2D eigenvalue weighted by Gasteiger charge is -2.37. The maximum atomic E-state index is 11.7. The van der Waals surface area contributed by atoms with Gasteiger partial charge in [0.25, 0.3) is 0 Å². The molecule has 0 spiro atoms. The van der Waals surface area contributed by atoms with Crippen LogP contribution >= 0.6 is 0 Å². The van der Waals surface area contributed by atoms with Crippen molar-refractivity contribution >= 4 is 10.0 Å². The van der Waals surface area contributed by atoms with Crippen LogP contribution in [-0.4, -0.2) is 44.9 Å². The Hall–Kier alpha value is -1.31. The number of hydrogen-bond acceptors (Lipinski definition) is 5. The van der Waals surface area contributed by atoms with E-state index < -0.39 is 10.0 Å². The minimum Gasteiger partial charge on any atom is -0.454 e. The Kier molecular flexibility index (Phi) is 4.79. The number of nitrogens with one attached hydrogen (secondary N) is 1. The van der Waals surface area contributed by atoms with E-state index in [-0.39, 0.29) is 6.79 Å². The molecule has 1 fully saturated rings. The molecule has 2 aliphatic rings. The van der Waals surface area contributed by atoms with Crippen molar-refractivity contribution in [1.29, 1.82) is 0 Å². The average molecular weight is 340 g/mol. The number of para-hydroxylation sites is 1. The molecule has 2 unspecified atom stereocenters. The van der Waals surface area contributed by atoms with E-state index in [0.29, 0.717) is 31.6 Å². The molecule has 7 heteroatoms. The number of hydrogen-bond donors (Lipinski definition) is 1. The number of rotatable bonds is 5. The van der Waals surface area contributed by atoms with Crippen LogP contribution in [0.2, 0.25) is 0 Å². The molecule has 2 atom stereocenters. The van der Waals surface area contributed by atoms with Gasteiger partial charge in [-0.3, -0.25) is 0 Å². The number of ether oxygens (including phenoxy) is 2. The Labute approximate surface area is 137 Å². The monoisotopic (exact) mass is 340 g/mol. The quantitative estimate of drug-likeness (QED) is 0.881. The Morgan fingerprint density at radius 1 is 1.35 bits per heavy atom. The molecule has 1 aromatic rings. The number of nitrogens with zero attached hydrogens (tertiary/aromatic N) is 1. The number of fused-ring (bicyclic) bond motifs is 1. The zero-order chi connectivity index (χ0) is 16.4. The van der Waals surface area contributed by atoms with E-state index in [4.69, 9.17) is 9.47 Å². The van der Waals surface area contributed by atoms with Gasteiger partial charge in [0.2, 0.25) is 16.8 Å². The van der Waals surface area contributed by atoms with Gasteiger partial charge in [0.05, 0.1) is 6.26 Å². The molecule has 3 rings (SSSR count). The third kappa shape index (κ3) is 3.62.